The molecule has 0 unspecified atom stereocenters. The molecule has 0 amide bonds. The van der Waals surface area contributed by atoms with E-state index in [0.717, 1.165) is 11.1 Å². The van der Waals surface area contributed by atoms with Crippen molar-refractivity contribution in [2.75, 3.05) is 23.3 Å². The van der Waals surface area contributed by atoms with E-state index in [-0.39, 0.29) is 6.61 Å². The number of nitrogens with one attached hydrogen (secondary N) is 1. The first-order valence-electron chi connectivity index (χ1n) is 9.32. The van der Waals surface area contributed by atoms with Crippen molar-refractivity contribution in [3.63, 3.8) is 0 Å². The molecule has 30 heavy (non-hydrogen) atoms. The number of hydrogen-bond donors (Lipinski definition) is 2. The molecule has 0 aliphatic carbocycles. The second-order valence-electron chi connectivity index (χ2n) is 7.43. The molecule has 10 heteroatoms. The summed E-state index contributed by atoms with van der Waals surface area (Å²) in [6.07, 6.45) is 4.12. The maximum absolute atomic E-state index is 11.1. The third-order valence-electron chi connectivity index (χ3n) is 5.18. The van der Waals surface area contributed by atoms with E-state index in [1.54, 1.807) is 27.8 Å². The van der Waals surface area contributed by atoms with E-state index in [0.29, 0.717) is 41.4 Å². The van der Waals surface area contributed by atoms with Gasteiger partial charge in [-0.2, -0.15) is 10.4 Å². The summed E-state index contributed by atoms with van der Waals surface area (Å²) < 4.78 is 1.67. The Morgan fingerprint density at radius 2 is 2.27 bits per heavy atom. The van der Waals surface area contributed by atoms with Gasteiger partial charge < -0.3 is 20.0 Å². The molecule has 1 aliphatic rings. The zero-order valence-electron chi connectivity index (χ0n) is 16.6. The van der Waals surface area contributed by atoms with Crippen molar-refractivity contribution in [1.29, 1.82) is 5.26 Å². The molecular formula is C20H19BN7O2. The molecule has 1 radical (unpaired) electrons. The smallest absolute Gasteiger partial charge is 0.329 e. The number of aliphatic hydroxyl groups is 1. The molecule has 0 spiro atoms. The molecule has 9 nitrogen and oxygen atoms in total. The molecule has 2 N–H and O–H groups in total. The number of carbonyl (C=O) groups excluding carboxylic acids is 1. The first-order chi connectivity index (χ1) is 14.5. The average Bonchev–Trinajstić information content (AvgIpc) is 3.29. The summed E-state index contributed by atoms with van der Waals surface area (Å²) >= 11 is 0. The molecule has 149 valence electrons. The fraction of sp³-hybridized carbons (Fsp3) is 0.250. The summed E-state index contributed by atoms with van der Waals surface area (Å²) in [6, 6.07) is 9.43. The Morgan fingerprint density at radius 3 is 2.93 bits per heavy atom. The van der Waals surface area contributed by atoms with Gasteiger partial charge in [-0.3, -0.25) is 4.68 Å². The van der Waals surface area contributed by atoms with E-state index in [1.165, 1.54) is 7.41 Å². The van der Waals surface area contributed by atoms with E-state index in [4.69, 9.17) is 0 Å². The van der Waals surface area contributed by atoms with Gasteiger partial charge in [-0.05, 0) is 23.8 Å². The monoisotopic (exact) mass is 400 g/mol. The largest absolute Gasteiger partial charge is 0.410 e. The van der Waals surface area contributed by atoms with Crippen molar-refractivity contribution in [2.24, 2.45) is 7.05 Å². The topological polar surface area (TPSA) is 120 Å². The van der Waals surface area contributed by atoms with Gasteiger partial charge in [-0.25, -0.2) is 9.97 Å². The van der Waals surface area contributed by atoms with Crippen molar-refractivity contribution < 1.29 is 9.90 Å². The zero-order chi connectivity index (χ0) is 21.3. The van der Waals surface area contributed by atoms with Crippen molar-refractivity contribution in [2.45, 2.75) is 12.3 Å². The van der Waals surface area contributed by atoms with Gasteiger partial charge in [0, 0.05) is 48.7 Å². The van der Waals surface area contributed by atoms with Crippen LogP contribution in [0.5, 0.6) is 0 Å². The van der Waals surface area contributed by atoms with E-state index in [1.807, 2.05) is 32.3 Å². The molecule has 0 bridgehead atoms. The minimum atomic E-state index is -0.613. The van der Waals surface area contributed by atoms with Crippen molar-refractivity contribution in [3.05, 3.63) is 47.8 Å². The summed E-state index contributed by atoms with van der Waals surface area (Å²) in [5.74, 6) is 1.00. The molecule has 4 rings (SSSR count). The van der Waals surface area contributed by atoms with Gasteiger partial charge in [0.25, 0.3) is 0 Å². The predicted octanol–water partition coefficient (Wildman–Crippen LogP) is 1.37. The third kappa shape index (κ3) is 3.40. The minimum Gasteiger partial charge on any atom is -0.410 e. The second-order valence-corrected chi connectivity index (χ2v) is 7.43. The highest BCUT2D eigenvalue weighted by molar-refractivity contribution is 6.70. The lowest BCUT2D eigenvalue weighted by Crippen LogP contribution is -2.36. The predicted molar refractivity (Wildman–Crippen MR) is 113 cm³/mol. The maximum atomic E-state index is 11.1. The standard InChI is InChI=1S/C20H19BN7O2/c1-20(11-29)10-28(21-12-30)18-14(9-22)7-13(8-15(18)20)16-3-5-23-19(24-16)25-17-4-6-27(2)26-17/h3-8,12,29H,10-11H2,1-2H3,(H,23,24,25,26)/t20-/m1/s1. The van der Waals surface area contributed by atoms with Crippen LogP contribution in [0.25, 0.3) is 11.3 Å². The Balaban J connectivity index is 1.78. The lowest BCUT2D eigenvalue weighted by molar-refractivity contribution is 0.217. The van der Waals surface area contributed by atoms with E-state index in [9.17, 15) is 15.2 Å². The summed E-state index contributed by atoms with van der Waals surface area (Å²) in [6.45, 7) is 2.20. The summed E-state index contributed by atoms with van der Waals surface area (Å²) in [5, 5.41) is 27.1. The second kappa shape index (κ2) is 7.61. The van der Waals surface area contributed by atoms with Crippen LogP contribution in [0.15, 0.2) is 36.7 Å². The number of aliphatic hydroxyl groups excluding tert-OH is 1. The molecule has 1 aliphatic heterocycles. The van der Waals surface area contributed by atoms with Crippen LogP contribution in [0.4, 0.5) is 17.5 Å². The van der Waals surface area contributed by atoms with Crippen LogP contribution in [-0.4, -0.2) is 51.6 Å². The van der Waals surface area contributed by atoms with Crippen LogP contribution in [0.3, 0.4) is 0 Å². The molecule has 2 aromatic heterocycles. The fourth-order valence-corrected chi connectivity index (χ4v) is 3.69. The summed E-state index contributed by atoms with van der Waals surface area (Å²) in [7, 11) is 3.21. The number of anilines is 3. The van der Waals surface area contributed by atoms with Crippen LogP contribution in [0.2, 0.25) is 0 Å². The Kier molecular flexibility index (Phi) is 4.97. The number of rotatable bonds is 6. The van der Waals surface area contributed by atoms with Gasteiger partial charge in [-0.15, -0.1) is 0 Å². The molecule has 1 atom stereocenters. The summed E-state index contributed by atoms with van der Waals surface area (Å²) in [4.78, 5) is 21.6. The van der Waals surface area contributed by atoms with Gasteiger partial charge in [0.2, 0.25) is 5.95 Å². The molecular weight excluding hydrogens is 381 g/mol. The first-order valence-corrected chi connectivity index (χ1v) is 9.32. The molecule has 0 saturated heterocycles. The Bertz CT molecular complexity index is 1160. The molecule has 0 fully saturated rings. The molecule has 3 aromatic rings. The number of aryl methyl sites for hydroxylation is 1. The first kappa shape index (κ1) is 19.6. The SMILES string of the molecule is Cn1ccc(Nc2nccc(-c3cc(C#N)c4c(c3)[C@@](C)(CO)CN4[B]C=O)n2)n1. The molecule has 1 aromatic carbocycles. The average molecular weight is 400 g/mol. The number of nitrogens with zero attached hydrogens (tertiary/aromatic N) is 6. The number of hydrogen-bond acceptors (Lipinski definition) is 8. The quantitative estimate of drug-likeness (QED) is 0.470. The van der Waals surface area contributed by atoms with Crippen molar-refractivity contribution in [1.82, 2.24) is 19.7 Å². The van der Waals surface area contributed by atoms with E-state index < -0.39 is 5.41 Å². The maximum Gasteiger partial charge on any atom is 0.329 e. The lowest BCUT2D eigenvalue weighted by atomic mass is 9.83. The van der Waals surface area contributed by atoms with Crippen LogP contribution in [-0.2, 0) is 17.3 Å². The van der Waals surface area contributed by atoms with E-state index in [2.05, 4.69) is 26.5 Å². The highest BCUT2D eigenvalue weighted by Crippen LogP contribution is 2.44. The number of nitriles is 1. The van der Waals surface area contributed by atoms with Crippen LogP contribution >= 0.6 is 0 Å². The van der Waals surface area contributed by atoms with Crippen molar-refractivity contribution in [3.8, 4) is 17.3 Å². The minimum absolute atomic E-state index is 0.117. The third-order valence-corrected chi connectivity index (χ3v) is 5.18. The highest BCUT2D eigenvalue weighted by atomic mass is 16.3. The van der Waals surface area contributed by atoms with Gasteiger partial charge in [-0.1, -0.05) is 6.92 Å². The number of benzene rings is 1. The van der Waals surface area contributed by atoms with Gasteiger partial charge in [0.15, 0.2) is 5.82 Å². The fourth-order valence-electron chi connectivity index (χ4n) is 3.69. The number of carbonyl (C=O) groups is 1. The summed E-state index contributed by atoms with van der Waals surface area (Å²) in [5.41, 5.74) is 2.60. The molecule has 0 saturated carbocycles. The Labute approximate surface area is 174 Å². The highest BCUT2D eigenvalue weighted by Gasteiger charge is 2.40. The van der Waals surface area contributed by atoms with Crippen LogP contribution in [0, 0.1) is 11.3 Å². The van der Waals surface area contributed by atoms with E-state index >= 15 is 0 Å². The molecule has 3 heterocycles. The number of aromatic nitrogens is 4. The normalized spacial score (nSPS) is 17.3. The zero-order valence-corrected chi connectivity index (χ0v) is 16.6. The van der Waals surface area contributed by atoms with Gasteiger partial charge in [0.1, 0.15) is 12.3 Å². The lowest BCUT2D eigenvalue weighted by Gasteiger charge is -2.23. The van der Waals surface area contributed by atoms with Crippen molar-refractivity contribution >= 4 is 31.1 Å². The Hall–Kier alpha value is -3.71. The van der Waals surface area contributed by atoms with Gasteiger partial charge in [0.05, 0.1) is 17.9 Å². The Morgan fingerprint density at radius 1 is 1.43 bits per heavy atom. The van der Waals surface area contributed by atoms with Gasteiger partial charge >= 0.3 is 7.41 Å². The van der Waals surface area contributed by atoms with Crippen LogP contribution in [0.1, 0.15) is 18.1 Å². The van der Waals surface area contributed by atoms with Crippen LogP contribution < -0.4 is 10.1 Å². The number of fused-ring (bicyclic) bond motifs is 1.